The summed E-state index contributed by atoms with van der Waals surface area (Å²) in [4.78, 5) is 13.1. The Kier molecular flexibility index (Phi) is 3.87. The summed E-state index contributed by atoms with van der Waals surface area (Å²) in [6, 6.07) is 8.25. The molecule has 0 saturated carbocycles. The van der Waals surface area contributed by atoms with E-state index in [-0.39, 0.29) is 10.5 Å². The first-order chi connectivity index (χ1) is 8.56. The molecule has 94 valence electrons. The number of rotatable bonds is 3. The van der Waals surface area contributed by atoms with Crippen LogP contribution in [0.25, 0.3) is 0 Å². The number of halogens is 1. The lowest BCUT2D eigenvalue weighted by atomic mass is 10.1. The summed E-state index contributed by atoms with van der Waals surface area (Å²) in [6.07, 6.45) is 3.46. The zero-order valence-corrected chi connectivity index (χ0v) is 11.6. The molecule has 1 aromatic carbocycles. The van der Waals surface area contributed by atoms with Crippen molar-refractivity contribution in [1.29, 1.82) is 0 Å². The van der Waals surface area contributed by atoms with E-state index in [2.05, 4.69) is 40.2 Å². The normalized spacial score (nSPS) is 15.1. The summed E-state index contributed by atoms with van der Waals surface area (Å²) < 4.78 is -0.286. The molecule has 4 heteroatoms. The van der Waals surface area contributed by atoms with Crippen LogP contribution in [0.4, 0.5) is 0 Å². The average molecular weight is 308 g/mol. The Bertz CT molecular complexity index is 517. The van der Waals surface area contributed by atoms with Gasteiger partial charge in [-0.3, -0.25) is 4.79 Å². The third kappa shape index (κ3) is 3.01. The van der Waals surface area contributed by atoms with Crippen LogP contribution in [0, 0.1) is 6.92 Å². The van der Waals surface area contributed by atoms with Gasteiger partial charge in [0.25, 0.3) is 0 Å². The van der Waals surface area contributed by atoms with E-state index in [1.165, 1.54) is 11.1 Å². The minimum absolute atomic E-state index is 0.103. The molecule has 1 aromatic rings. The van der Waals surface area contributed by atoms with Crippen molar-refractivity contribution in [2.24, 2.45) is 0 Å². The Morgan fingerprint density at radius 1 is 1.39 bits per heavy atom. The molecule has 0 aromatic heterocycles. The maximum Gasteiger partial charge on any atom is 0.231 e. The molecule has 0 saturated heterocycles. The molecule has 18 heavy (non-hydrogen) atoms. The molecule has 2 rings (SSSR count). The maximum atomic E-state index is 11.1. The van der Waals surface area contributed by atoms with E-state index in [4.69, 9.17) is 0 Å². The number of hydrogen-bond acceptors (Lipinski definition) is 3. The monoisotopic (exact) mass is 307 g/mol. The Morgan fingerprint density at radius 2 is 2.06 bits per heavy atom. The second kappa shape index (κ2) is 5.40. The van der Waals surface area contributed by atoms with Crippen LogP contribution in [-0.4, -0.2) is 21.2 Å². The number of allylic oxidation sites excluding steroid dienone is 2. The molecule has 0 amide bonds. The maximum absolute atomic E-state index is 11.1. The third-order valence-corrected chi connectivity index (χ3v) is 3.26. The van der Waals surface area contributed by atoms with E-state index in [1.54, 1.807) is 6.08 Å². The quantitative estimate of drug-likeness (QED) is 0.873. The van der Waals surface area contributed by atoms with E-state index in [9.17, 15) is 9.90 Å². The molecule has 3 nitrogen and oxygen atoms in total. The largest absolute Gasteiger partial charge is 0.510 e. The zero-order chi connectivity index (χ0) is 13.1. The van der Waals surface area contributed by atoms with Gasteiger partial charge in [-0.1, -0.05) is 29.8 Å². The molecular weight excluding hydrogens is 294 g/mol. The number of nitrogens with zero attached hydrogens (tertiary/aromatic N) is 1. The molecule has 0 fully saturated rings. The summed E-state index contributed by atoms with van der Waals surface area (Å²) in [5.41, 5.74) is 2.73. The van der Waals surface area contributed by atoms with E-state index < -0.39 is 0 Å². The molecular formula is C14H14BrNO2. The standard InChI is InChI=1S/C14H14BrNO2/c1-10-2-4-11(5-3-10)8-16-7-6-12(14(15)18)13(17)9-16/h2-7,17H,8-9H2,1H3. The summed E-state index contributed by atoms with van der Waals surface area (Å²) in [5.74, 6) is 0.103. The van der Waals surface area contributed by atoms with Crippen LogP contribution in [0.2, 0.25) is 0 Å². The Morgan fingerprint density at radius 3 is 2.61 bits per heavy atom. The van der Waals surface area contributed by atoms with Gasteiger partial charge >= 0.3 is 0 Å². The van der Waals surface area contributed by atoms with Gasteiger partial charge in [0.1, 0.15) is 5.76 Å². The van der Waals surface area contributed by atoms with Crippen molar-refractivity contribution < 1.29 is 9.90 Å². The summed E-state index contributed by atoms with van der Waals surface area (Å²) in [5, 5.41) is 9.77. The van der Waals surface area contributed by atoms with E-state index >= 15 is 0 Å². The average Bonchev–Trinajstić information content (AvgIpc) is 2.32. The highest BCUT2D eigenvalue weighted by atomic mass is 79.9. The van der Waals surface area contributed by atoms with Crippen molar-refractivity contribution in [2.75, 3.05) is 6.54 Å². The van der Waals surface area contributed by atoms with Crippen molar-refractivity contribution in [2.45, 2.75) is 13.5 Å². The van der Waals surface area contributed by atoms with Gasteiger partial charge in [0.15, 0.2) is 0 Å². The smallest absolute Gasteiger partial charge is 0.231 e. The molecule has 0 atom stereocenters. The number of carbonyl (C=O) groups is 1. The summed E-state index contributed by atoms with van der Waals surface area (Å²) in [6.45, 7) is 3.12. The lowest BCUT2D eigenvalue weighted by Crippen LogP contribution is -2.24. The number of aryl methyl sites for hydroxylation is 1. The molecule has 0 aliphatic carbocycles. The first kappa shape index (κ1) is 12.9. The third-order valence-electron chi connectivity index (χ3n) is 2.83. The van der Waals surface area contributed by atoms with Crippen molar-refractivity contribution in [1.82, 2.24) is 4.90 Å². The van der Waals surface area contributed by atoms with Gasteiger partial charge in [-0.2, -0.15) is 0 Å². The Balaban J connectivity index is 2.05. The van der Waals surface area contributed by atoms with Crippen molar-refractivity contribution in [3.8, 4) is 0 Å². The van der Waals surface area contributed by atoms with Crippen LogP contribution in [-0.2, 0) is 11.3 Å². The molecule has 0 radical (unpaired) electrons. The van der Waals surface area contributed by atoms with Crippen LogP contribution in [0.5, 0.6) is 0 Å². The SMILES string of the molecule is Cc1ccc(CN2C=CC(C(=O)Br)=C(O)C2)cc1. The number of aliphatic hydroxyl groups is 1. The van der Waals surface area contributed by atoms with Crippen LogP contribution >= 0.6 is 15.9 Å². The topological polar surface area (TPSA) is 40.5 Å². The number of carbonyl (C=O) groups excluding carboxylic acids is 1. The predicted molar refractivity (Wildman–Crippen MR) is 74.3 cm³/mol. The van der Waals surface area contributed by atoms with Crippen molar-refractivity contribution >= 4 is 20.6 Å². The van der Waals surface area contributed by atoms with Gasteiger partial charge < -0.3 is 10.0 Å². The predicted octanol–water partition coefficient (Wildman–Crippen LogP) is 3.06. The highest BCUT2D eigenvalue weighted by molar-refractivity contribution is 9.18. The fourth-order valence-electron chi connectivity index (χ4n) is 1.82. The molecule has 0 spiro atoms. The number of aliphatic hydroxyl groups excluding tert-OH is 1. The second-order valence-corrected chi connectivity index (χ2v) is 5.06. The van der Waals surface area contributed by atoms with Crippen molar-refractivity contribution in [3.05, 3.63) is 59.0 Å². The van der Waals surface area contributed by atoms with E-state index in [1.807, 2.05) is 18.0 Å². The first-order valence-corrected chi connectivity index (χ1v) is 6.45. The van der Waals surface area contributed by atoms with Gasteiger partial charge in [0, 0.05) is 12.7 Å². The zero-order valence-electron chi connectivity index (χ0n) is 10.1. The number of benzene rings is 1. The molecule has 0 bridgehead atoms. The molecule has 1 aliphatic rings. The molecule has 0 unspecified atom stereocenters. The van der Waals surface area contributed by atoms with Crippen molar-refractivity contribution in [3.63, 3.8) is 0 Å². The molecule has 1 heterocycles. The minimum atomic E-state index is -0.286. The lowest BCUT2D eigenvalue weighted by molar-refractivity contribution is -0.107. The fourth-order valence-corrected chi connectivity index (χ4v) is 2.18. The summed E-state index contributed by atoms with van der Waals surface area (Å²) >= 11 is 2.84. The fraction of sp³-hybridized carbons (Fsp3) is 0.214. The van der Waals surface area contributed by atoms with Gasteiger partial charge in [-0.05, 0) is 34.5 Å². The van der Waals surface area contributed by atoms with Gasteiger partial charge in [-0.15, -0.1) is 0 Å². The van der Waals surface area contributed by atoms with Crippen LogP contribution in [0.15, 0.2) is 47.9 Å². The summed E-state index contributed by atoms with van der Waals surface area (Å²) in [7, 11) is 0. The van der Waals surface area contributed by atoms with E-state index in [0.717, 1.165) is 0 Å². The Labute approximate surface area is 115 Å². The second-order valence-electron chi connectivity index (χ2n) is 4.34. The van der Waals surface area contributed by atoms with E-state index in [0.29, 0.717) is 18.7 Å². The lowest BCUT2D eigenvalue weighted by Gasteiger charge is -2.24. The van der Waals surface area contributed by atoms with Gasteiger partial charge in [-0.25, -0.2) is 0 Å². The van der Waals surface area contributed by atoms with Crippen LogP contribution in [0.1, 0.15) is 11.1 Å². The highest BCUT2D eigenvalue weighted by Crippen LogP contribution is 2.18. The highest BCUT2D eigenvalue weighted by Gasteiger charge is 2.16. The van der Waals surface area contributed by atoms with Gasteiger partial charge in [0.2, 0.25) is 4.69 Å². The molecule has 1 N–H and O–H groups in total. The van der Waals surface area contributed by atoms with Gasteiger partial charge in [0.05, 0.1) is 12.1 Å². The van der Waals surface area contributed by atoms with Crippen LogP contribution in [0.3, 0.4) is 0 Å². The first-order valence-electron chi connectivity index (χ1n) is 5.66. The van der Waals surface area contributed by atoms with Crippen LogP contribution < -0.4 is 0 Å². The number of hydrogen-bond donors (Lipinski definition) is 1. The molecule has 1 aliphatic heterocycles. The minimum Gasteiger partial charge on any atom is -0.510 e. The Hall–Kier alpha value is -1.55.